The smallest absolute Gasteiger partial charge is 0.323 e. The lowest BCUT2D eigenvalue weighted by Gasteiger charge is -2.15. The van der Waals surface area contributed by atoms with Crippen molar-refractivity contribution in [2.45, 2.75) is 20.3 Å². The van der Waals surface area contributed by atoms with Crippen molar-refractivity contribution in [3.05, 3.63) is 0 Å². The molecule has 0 heterocycles. The SMILES string of the molecule is CC(C)COCCCNC(=O)N(C)CC(=O)O. The summed E-state index contributed by atoms with van der Waals surface area (Å²) in [7, 11) is 1.44. The van der Waals surface area contributed by atoms with Gasteiger partial charge in [-0.05, 0) is 12.3 Å². The Labute approximate surface area is 102 Å². The predicted octanol–water partition coefficient (Wildman–Crippen LogP) is 0.775. The molecule has 0 atom stereocenters. The lowest BCUT2D eigenvalue weighted by Crippen LogP contribution is -2.40. The van der Waals surface area contributed by atoms with Crippen LogP contribution in [0.5, 0.6) is 0 Å². The minimum atomic E-state index is -1.03. The first-order chi connectivity index (χ1) is 7.93. The molecule has 0 aliphatic rings. The Balaban J connectivity index is 3.48. The summed E-state index contributed by atoms with van der Waals surface area (Å²) in [6, 6.07) is -0.378. The Bertz CT molecular complexity index is 244. The number of hydrogen-bond acceptors (Lipinski definition) is 3. The van der Waals surface area contributed by atoms with Crippen molar-refractivity contribution in [3.8, 4) is 0 Å². The van der Waals surface area contributed by atoms with Crippen molar-refractivity contribution in [1.29, 1.82) is 0 Å². The number of carboxylic acid groups (broad SMARTS) is 1. The van der Waals surface area contributed by atoms with Gasteiger partial charge in [0, 0.05) is 26.8 Å². The van der Waals surface area contributed by atoms with Crippen molar-refractivity contribution in [2.75, 3.05) is 33.4 Å². The fourth-order valence-corrected chi connectivity index (χ4v) is 1.10. The number of hydrogen-bond donors (Lipinski definition) is 2. The standard InChI is InChI=1S/C11H22N2O4/c1-9(2)8-17-6-4-5-12-11(16)13(3)7-10(14)15/h9H,4-8H2,1-3H3,(H,12,16)(H,14,15). The van der Waals surface area contributed by atoms with Gasteiger partial charge in [0.15, 0.2) is 0 Å². The maximum Gasteiger partial charge on any atom is 0.323 e. The molecule has 2 amide bonds. The number of carboxylic acids is 1. The summed E-state index contributed by atoms with van der Waals surface area (Å²) in [5.41, 5.74) is 0. The summed E-state index contributed by atoms with van der Waals surface area (Å²) >= 11 is 0. The molecule has 0 saturated heterocycles. The number of amides is 2. The third-order valence-corrected chi connectivity index (χ3v) is 1.91. The average molecular weight is 246 g/mol. The summed E-state index contributed by atoms with van der Waals surface area (Å²) in [5.74, 6) is -0.519. The van der Waals surface area contributed by atoms with Crippen LogP contribution in [0, 0.1) is 5.92 Å². The number of likely N-dealkylation sites (N-methyl/N-ethyl adjacent to an activating group) is 1. The zero-order valence-electron chi connectivity index (χ0n) is 10.7. The van der Waals surface area contributed by atoms with E-state index in [0.717, 1.165) is 11.3 Å². The van der Waals surface area contributed by atoms with E-state index < -0.39 is 5.97 Å². The van der Waals surface area contributed by atoms with Crippen LogP contribution in [0.4, 0.5) is 4.79 Å². The second-order valence-corrected chi connectivity index (χ2v) is 4.30. The van der Waals surface area contributed by atoms with Crippen LogP contribution < -0.4 is 5.32 Å². The number of carbonyl (C=O) groups excluding carboxylic acids is 1. The summed E-state index contributed by atoms with van der Waals surface area (Å²) in [6.45, 7) is 5.65. The lowest BCUT2D eigenvalue weighted by atomic mass is 10.2. The monoisotopic (exact) mass is 246 g/mol. The van der Waals surface area contributed by atoms with E-state index in [1.54, 1.807) is 0 Å². The molecular weight excluding hydrogens is 224 g/mol. The highest BCUT2D eigenvalue weighted by atomic mass is 16.5. The first-order valence-corrected chi connectivity index (χ1v) is 5.72. The maximum absolute atomic E-state index is 11.3. The zero-order chi connectivity index (χ0) is 13.3. The zero-order valence-corrected chi connectivity index (χ0v) is 10.7. The van der Waals surface area contributed by atoms with Gasteiger partial charge in [-0.1, -0.05) is 13.8 Å². The molecule has 6 heteroatoms. The van der Waals surface area contributed by atoms with Gasteiger partial charge in [-0.15, -0.1) is 0 Å². The van der Waals surface area contributed by atoms with Gasteiger partial charge in [0.2, 0.25) is 0 Å². The fourth-order valence-electron chi connectivity index (χ4n) is 1.10. The maximum atomic E-state index is 11.3. The summed E-state index contributed by atoms with van der Waals surface area (Å²) in [4.78, 5) is 22.8. The third kappa shape index (κ3) is 9.62. The Kier molecular flexibility index (Phi) is 8.13. The van der Waals surface area contributed by atoms with Gasteiger partial charge in [-0.25, -0.2) is 4.79 Å². The van der Waals surface area contributed by atoms with E-state index in [2.05, 4.69) is 19.2 Å². The number of rotatable bonds is 8. The van der Waals surface area contributed by atoms with Crippen LogP contribution in [-0.2, 0) is 9.53 Å². The number of urea groups is 1. The van der Waals surface area contributed by atoms with Crippen LogP contribution in [0.15, 0.2) is 0 Å². The average Bonchev–Trinajstić information content (AvgIpc) is 2.21. The van der Waals surface area contributed by atoms with Gasteiger partial charge in [-0.3, -0.25) is 4.79 Å². The highest BCUT2D eigenvalue weighted by Crippen LogP contribution is 1.93. The summed E-state index contributed by atoms with van der Waals surface area (Å²) < 4.78 is 5.34. The van der Waals surface area contributed by atoms with Crippen molar-refractivity contribution in [1.82, 2.24) is 10.2 Å². The molecule has 0 radical (unpaired) electrons. The van der Waals surface area contributed by atoms with E-state index in [-0.39, 0.29) is 12.6 Å². The van der Waals surface area contributed by atoms with Gasteiger partial charge in [0.25, 0.3) is 0 Å². The topological polar surface area (TPSA) is 78.9 Å². The van der Waals surface area contributed by atoms with Gasteiger partial charge < -0.3 is 20.1 Å². The van der Waals surface area contributed by atoms with Crippen LogP contribution in [0.3, 0.4) is 0 Å². The Morgan fingerprint density at radius 3 is 2.59 bits per heavy atom. The van der Waals surface area contributed by atoms with E-state index >= 15 is 0 Å². The molecule has 0 rings (SSSR count). The van der Waals surface area contributed by atoms with Gasteiger partial charge in [0.05, 0.1) is 0 Å². The lowest BCUT2D eigenvalue weighted by molar-refractivity contribution is -0.137. The van der Waals surface area contributed by atoms with E-state index in [0.29, 0.717) is 25.7 Å². The third-order valence-electron chi connectivity index (χ3n) is 1.91. The molecule has 2 N–H and O–H groups in total. The van der Waals surface area contributed by atoms with Crippen LogP contribution in [0.2, 0.25) is 0 Å². The van der Waals surface area contributed by atoms with Gasteiger partial charge in [-0.2, -0.15) is 0 Å². The van der Waals surface area contributed by atoms with Crippen molar-refractivity contribution in [2.24, 2.45) is 5.92 Å². The molecule has 0 saturated carbocycles. The first-order valence-electron chi connectivity index (χ1n) is 5.72. The summed E-state index contributed by atoms with van der Waals surface area (Å²) in [6.07, 6.45) is 0.722. The van der Waals surface area contributed by atoms with Crippen LogP contribution in [-0.4, -0.2) is 55.4 Å². The van der Waals surface area contributed by atoms with E-state index in [1.165, 1.54) is 7.05 Å². The Morgan fingerprint density at radius 2 is 2.06 bits per heavy atom. The van der Waals surface area contributed by atoms with Crippen LogP contribution >= 0.6 is 0 Å². The molecule has 0 aromatic rings. The number of nitrogens with zero attached hydrogens (tertiary/aromatic N) is 1. The van der Waals surface area contributed by atoms with Crippen molar-refractivity contribution in [3.63, 3.8) is 0 Å². The number of nitrogens with one attached hydrogen (secondary N) is 1. The highest BCUT2D eigenvalue weighted by molar-refractivity contribution is 5.79. The fraction of sp³-hybridized carbons (Fsp3) is 0.818. The Morgan fingerprint density at radius 1 is 1.41 bits per heavy atom. The predicted molar refractivity (Wildman–Crippen MR) is 63.9 cm³/mol. The van der Waals surface area contributed by atoms with Crippen LogP contribution in [0.1, 0.15) is 20.3 Å². The van der Waals surface area contributed by atoms with Crippen molar-refractivity contribution < 1.29 is 19.4 Å². The van der Waals surface area contributed by atoms with Gasteiger partial charge >= 0.3 is 12.0 Å². The quantitative estimate of drug-likeness (QED) is 0.620. The van der Waals surface area contributed by atoms with Gasteiger partial charge in [0.1, 0.15) is 6.54 Å². The van der Waals surface area contributed by atoms with E-state index in [1.807, 2.05) is 0 Å². The number of ether oxygens (including phenoxy) is 1. The largest absolute Gasteiger partial charge is 0.480 e. The summed E-state index contributed by atoms with van der Waals surface area (Å²) in [5, 5.41) is 11.1. The van der Waals surface area contributed by atoms with Crippen molar-refractivity contribution >= 4 is 12.0 Å². The molecule has 0 spiro atoms. The molecular formula is C11H22N2O4. The second-order valence-electron chi connectivity index (χ2n) is 4.30. The Hall–Kier alpha value is -1.30. The molecule has 6 nitrogen and oxygen atoms in total. The molecule has 0 aliphatic carbocycles. The molecule has 0 aromatic heterocycles. The van der Waals surface area contributed by atoms with Crippen LogP contribution in [0.25, 0.3) is 0 Å². The minimum Gasteiger partial charge on any atom is -0.480 e. The number of aliphatic carboxylic acids is 1. The number of carbonyl (C=O) groups is 2. The first kappa shape index (κ1) is 15.7. The molecule has 0 unspecified atom stereocenters. The van der Waals surface area contributed by atoms with E-state index in [4.69, 9.17) is 9.84 Å². The molecule has 17 heavy (non-hydrogen) atoms. The molecule has 100 valence electrons. The molecule has 0 bridgehead atoms. The molecule has 0 fully saturated rings. The minimum absolute atomic E-state index is 0.296. The van der Waals surface area contributed by atoms with E-state index in [9.17, 15) is 9.59 Å². The molecule has 0 aliphatic heterocycles. The second kappa shape index (κ2) is 8.81. The highest BCUT2D eigenvalue weighted by Gasteiger charge is 2.10. The molecule has 0 aromatic carbocycles. The normalized spacial score (nSPS) is 10.4.